The zero-order valence-electron chi connectivity index (χ0n) is 11.4. The summed E-state index contributed by atoms with van der Waals surface area (Å²) >= 11 is 0. The van der Waals surface area contributed by atoms with Crippen molar-refractivity contribution in [3.63, 3.8) is 0 Å². The fourth-order valence-electron chi connectivity index (χ4n) is 2.67. The van der Waals surface area contributed by atoms with Crippen molar-refractivity contribution >= 4 is 0 Å². The Bertz CT molecular complexity index is 180. The van der Waals surface area contributed by atoms with Gasteiger partial charge >= 0.3 is 0 Å². The topological polar surface area (TPSA) is 55.3 Å². The number of rotatable bonds is 4. The summed E-state index contributed by atoms with van der Waals surface area (Å²) in [5, 5.41) is 0. The van der Waals surface area contributed by atoms with E-state index in [1.165, 1.54) is 25.9 Å². The van der Waals surface area contributed by atoms with Crippen LogP contribution in [-0.4, -0.2) is 35.6 Å². The quantitative estimate of drug-likeness (QED) is 0.766. The highest BCUT2D eigenvalue weighted by Crippen LogP contribution is 2.25. The third-order valence-corrected chi connectivity index (χ3v) is 3.15. The maximum Gasteiger partial charge on any atom is 0.0226 e. The van der Waals surface area contributed by atoms with Gasteiger partial charge in [0.1, 0.15) is 0 Å². The molecule has 3 nitrogen and oxygen atoms in total. The molecule has 0 atom stereocenters. The van der Waals surface area contributed by atoms with Crippen LogP contribution in [0.1, 0.15) is 47.0 Å². The van der Waals surface area contributed by atoms with E-state index in [0.717, 1.165) is 18.9 Å². The molecule has 0 aliphatic carbocycles. The first kappa shape index (κ1) is 13.9. The van der Waals surface area contributed by atoms with Crippen LogP contribution in [0.25, 0.3) is 0 Å². The Hall–Kier alpha value is -0.120. The SMILES string of the molecule is CC(C)(N)CC1CCN(CC(C)(C)N)CC1. The third kappa shape index (κ3) is 5.83. The summed E-state index contributed by atoms with van der Waals surface area (Å²) in [5.74, 6) is 0.803. The highest BCUT2D eigenvalue weighted by molar-refractivity contribution is 4.84. The summed E-state index contributed by atoms with van der Waals surface area (Å²) in [7, 11) is 0. The molecule has 1 aliphatic heterocycles. The molecule has 1 aliphatic rings. The summed E-state index contributed by atoms with van der Waals surface area (Å²) in [6.07, 6.45) is 3.69. The fourth-order valence-corrected chi connectivity index (χ4v) is 2.67. The molecule has 0 aromatic heterocycles. The van der Waals surface area contributed by atoms with Crippen LogP contribution in [0.4, 0.5) is 0 Å². The van der Waals surface area contributed by atoms with Crippen molar-refractivity contribution in [2.75, 3.05) is 19.6 Å². The lowest BCUT2D eigenvalue weighted by Crippen LogP contribution is -2.48. The smallest absolute Gasteiger partial charge is 0.0226 e. The van der Waals surface area contributed by atoms with E-state index < -0.39 is 0 Å². The number of nitrogens with two attached hydrogens (primary N) is 2. The van der Waals surface area contributed by atoms with Crippen LogP contribution >= 0.6 is 0 Å². The molecule has 0 radical (unpaired) electrons. The zero-order valence-corrected chi connectivity index (χ0v) is 11.4. The van der Waals surface area contributed by atoms with Crippen molar-refractivity contribution in [1.82, 2.24) is 4.90 Å². The monoisotopic (exact) mass is 227 g/mol. The van der Waals surface area contributed by atoms with E-state index in [1.807, 2.05) is 0 Å². The highest BCUT2D eigenvalue weighted by atomic mass is 15.1. The molecule has 1 saturated heterocycles. The van der Waals surface area contributed by atoms with Crippen LogP contribution in [0, 0.1) is 5.92 Å². The largest absolute Gasteiger partial charge is 0.326 e. The third-order valence-electron chi connectivity index (χ3n) is 3.15. The van der Waals surface area contributed by atoms with E-state index >= 15 is 0 Å². The average Bonchev–Trinajstić information content (AvgIpc) is 2.03. The molecule has 0 bridgehead atoms. The molecule has 0 amide bonds. The molecule has 96 valence electrons. The van der Waals surface area contributed by atoms with E-state index in [4.69, 9.17) is 11.5 Å². The first-order valence-corrected chi connectivity index (χ1v) is 6.46. The molecule has 16 heavy (non-hydrogen) atoms. The number of hydrogen-bond donors (Lipinski definition) is 2. The van der Waals surface area contributed by atoms with Gasteiger partial charge in [0.15, 0.2) is 0 Å². The van der Waals surface area contributed by atoms with Crippen LogP contribution < -0.4 is 11.5 Å². The van der Waals surface area contributed by atoms with Gasteiger partial charge in [-0.25, -0.2) is 0 Å². The molecule has 0 unspecified atom stereocenters. The Labute approximate surface area is 101 Å². The van der Waals surface area contributed by atoms with Crippen LogP contribution in [0.15, 0.2) is 0 Å². The zero-order chi connectivity index (χ0) is 12.4. The van der Waals surface area contributed by atoms with Crippen molar-refractivity contribution in [2.45, 2.75) is 58.0 Å². The number of hydrogen-bond acceptors (Lipinski definition) is 3. The molecular formula is C13H29N3. The standard InChI is InChI=1S/C13H29N3/c1-12(2,14)9-11-5-7-16(8-6-11)10-13(3,4)15/h11H,5-10,14-15H2,1-4H3. The van der Waals surface area contributed by atoms with Crippen molar-refractivity contribution < 1.29 is 0 Å². The Balaban J connectivity index is 2.29. The second-order valence-corrected chi connectivity index (χ2v) is 6.90. The average molecular weight is 227 g/mol. The Morgan fingerprint density at radius 1 is 1.00 bits per heavy atom. The lowest BCUT2D eigenvalue weighted by Gasteiger charge is -2.37. The normalized spacial score (nSPS) is 21.4. The van der Waals surface area contributed by atoms with Gasteiger partial charge in [0.2, 0.25) is 0 Å². The van der Waals surface area contributed by atoms with Gasteiger partial charge in [0.25, 0.3) is 0 Å². The summed E-state index contributed by atoms with van der Waals surface area (Å²) in [6, 6.07) is 0. The number of likely N-dealkylation sites (tertiary alicyclic amines) is 1. The van der Waals surface area contributed by atoms with Crippen molar-refractivity contribution in [2.24, 2.45) is 17.4 Å². The second kappa shape index (κ2) is 5.03. The van der Waals surface area contributed by atoms with E-state index in [2.05, 4.69) is 32.6 Å². The molecule has 4 N–H and O–H groups in total. The first-order valence-electron chi connectivity index (χ1n) is 6.46. The fraction of sp³-hybridized carbons (Fsp3) is 1.00. The minimum absolute atomic E-state index is 0.0139. The van der Waals surface area contributed by atoms with Crippen LogP contribution in [-0.2, 0) is 0 Å². The molecule has 0 spiro atoms. The van der Waals surface area contributed by atoms with E-state index in [-0.39, 0.29) is 11.1 Å². The Morgan fingerprint density at radius 3 is 1.88 bits per heavy atom. The summed E-state index contributed by atoms with van der Waals surface area (Å²) in [5.41, 5.74) is 12.0. The molecule has 1 fully saturated rings. The Kier molecular flexibility index (Phi) is 4.38. The Morgan fingerprint density at radius 2 is 1.50 bits per heavy atom. The molecule has 0 saturated carbocycles. The summed E-state index contributed by atoms with van der Waals surface area (Å²) in [6.45, 7) is 11.8. The van der Waals surface area contributed by atoms with Gasteiger partial charge in [0.05, 0.1) is 0 Å². The van der Waals surface area contributed by atoms with Crippen molar-refractivity contribution in [3.05, 3.63) is 0 Å². The molecule has 1 heterocycles. The van der Waals surface area contributed by atoms with E-state index in [0.29, 0.717) is 0 Å². The maximum atomic E-state index is 6.07. The van der Waals surface area contributed by atoms with Gasteiger partial charge in [-0.2, -0.15) is 0 Å². The van der Waals surface area contributed by atoms with E-state index in [1.54, 1.807) is 0 Å². The molecule has 0 aromatic carbocycles. The molecule has 3 heteroatoms. The molecular weight excluding hydrogens is 198 g/mol. The van der Waals surface area contributed by atoms with Crippen LogP contribution in [0.5, 0.6) is 0 Å². The van der Waals surface area contributed by atoms with Gasteiger partial charge in [0, 0.05) is 17.6 Å². The second-order valence-electron chi connectivity index (χ2n) is 6.90. The maximum absolute atomic E-state index is 6.07. The highest BCUT2D eigenvalue weighted by Gasteiger charge is 2.26. The number of piperidine rings is 1. The van der Waals surface area contributed by atoms with Gasteiger partial charge in [-0.1, -0.05) is 0 Å². The number of nitrogens with zero attached hydrogens (tertiary/aromatic N) is 1. The van der Waals surface area contributed by atoms with Gasteiger partial charge in [-0.05, 0) is 66.0 Å². The van der Waals surface area contributed by atoms with Gasteiger partial charge in [-0.3, -0.25) is 0 Å². The summed E-state index contributed by atoms with van der Waals surface area (Å²) < 4.78 is 0. The minimum Gasteiger partial charge on any atom is -0.326 e. The van der Waals surface area contributed by atoms with Crippen molar-refractivity contribution in [1.29, 1.82) is 0 Å². The lowest BCUT2D eigenvalue weighted by molar-refractivity contribution is 0.144. The van der Waals surface area contributed by atoms with Crippen molar-refractivity contribution in [3.8, 4) is 0 Å². The molecule has 1 rings (SSSR count). The van der Waals surface area contributed by atoms with Gasteiger partial charge in [-0.15, -0.1) is 0 Å². The van der Waals surface area contributed by atoms with Crippen LogP contribution in [0.3, 0.4) is 0 Å². The first-order chi connectivity index (χ1) is 7.16. The van der Waals surface area contributed by atoms with Gasteiger partial charge < -0.3 is 16.4 Å². The molecule has 0 aromatic rings. The minimum atomic E-state index is -0.0695. The lowest BCUT2D eigenvalue weighted by atomic mass is 9.85. The predicted molar refractivity (Wildman–Crippen MR) is 70.3 cm³/mol. The van der Waals surface area contributed by atoms with E-state index in [9.17, 15) is 0 Å². The predicted octanol–water partition coefficient (Wildman–Crippen LogP) is 1.56. The van der Waals surface area contributed by atoms with Crippen LogP contribution in [0.2, 0.25) is 0 Å². The summed E-state index contributed by atoms with van der Waals surface area (Å²) in [4.78, 5) is 2.49.